The topological polar surface area (TPSA) is 94.2 Å². The van der Waals surface area contributed by atoms with E-state index in [0.717, 1.165) is 5.56 Å². The number of hydrogen-bond donors (Lipinski definition) is 0. The molecular formula is C17H14ClN5O3. The maximum Gasteiger partial charge on any atom is 0.316 e. The van der Waals surface area contributed by atoms with Crippen molar-refractivity contribution in [3.05, 3.63) is 53.7 Å². The van der Waals surface area contributed by atoms with E-state index < -0.39 is 0 Å². The van der Waals surface area contributed by atoms with Gasteiger partial charge in [0.05, 0.1) is 24.0 Å². The predicted octanol–water partition coefficient (Wildman–Crippen LogP) is 2.47. The largest absolute Gasteiger partial charge is 0.458 e. The summed E-state index contributed by atoms with van der Waals surface area (Å²) < 4.78 is 11.0. The Morgan fingerprint density at radius 3 is 2.92 bits per heavy atom. The highest BCUT2D eigenvalue weighted by molar-refractivity contribution is 6.30. The van der Waals surface area contributed by atoms with Crippen LogP contribution in [0.25, 0.3) is 11.3 Å². The average molecular weight is 372 g/mol. The van der Waals surface area contributed by atoms with Crippen LogP contribution < -0.4 is 4.74 Å². The Morgan fingerprint density at radius 1 is 1.31 bits per heavy atom. The van der Waals surface area contributed by atoms with Gasteiger partial charge in [0.15, 0.2) is 11.5 Å². The maximum absolute atomic E-state index is 12.6. The van der Waals surface area contributed by atoms with E-state index in [1.165, 1.54) is 12.4 Å². The molecule has 1 aliphatic rings. The van der Waals surface area contributed by atoms with Gasteiger partial charge in [0, 0.05) is 37.0 Å². The Labute approximate surface area is 153 Å². The van der Waals surface area contributed by atoms with Gasteiger partial charge in [-0.25, -0.2) is 9.97 Å². The van der Waals surface area contributed by atoms with Gasteiger partial charge in [-0.15, -0.1) is 0 Å². The van der Waals surface area contributed by atoms with Crippen LogP contribution >= 0.6 is 11.6 Å². The number of likely N-dealkylation sites (tertiary alicyclic amines) is 1. The maximum atomic E-state index is 12.6. The molecule has 1 unspecified atom stereocenters. The number of rotatable bonds is 4. The minimum Gasteiger partial charge on any atom is -0.458 e. The van der Waals surface area contributed by atoms with Crippen molar-refractivity contribution in [3.8, 4) is 17.3 Å². The van der Waals surface area contributed by atoms with Crippen molar-refractivity contribution in [1.82, 2.24) is 25.0 Å². The van der Waals surface area contributed by atoms with Gasteiger partial charge in [-0.3, -0.25) is 9.78 Å². The third-order valence-electron chi connectivity index (χ3n) is 3.98. The average Bonchev–Trinajstić information content (AvgIpc) is 3.34. The Morgan fingerprint density at radius 2 is 2.15 bits per heavy atom. The lowest BCUT2D eigenvalue weighted by atomic mass is 10.2. The summed E-state index contributed by atoms with van der Waals surface area (Å²) in [6, 6.07) is 5.50. The first-order valence-electron chi connectivity index (χ1n) is 7.99. The molecule has 0 N–H and O–H groups in total. The van der Waals surface area contributed by atoms with E-state index in [1.54, 1.807) is 29.4 Å². The van der Waals surface area contributed by atoms with Gasteiger partial charge in [-0.2, -0.15) is 0 Å². The van der Waals surface area contributed by atoms with Gasteiger partial charge in [-0.1, -0.05) is 16.8 Å². The van der Waals surface area contributed by atoms with Gasteiger partial charge in [-0.05, 0) is 12.1 Å². The van der Waals surface area contributed by atoms with Gasteiger partial charge < -0.3 is 14.2 Å². The molecule has 132 valence electrons. The van der Waals surface area contributed by atoms with Crippen LogP contribution in [0.15, 0.2) is 47.5 Å². The lowest BCUT2D eigenvalue weighted by molar-refractivity contribution is 0.0759. The van der Waals surface area contributed by atoms with Crippen LogP contribution in [-0.2, 0) is 0 Å². The number of carbonyl (C=O) groups excluding carboxylic acids is 1. The molecule has 0 bridgehead atoms. The Balaban J connectivity index is 1.40. The van der Waals surface area contributed by atoms with Crippen LogP contribution in [0.4, 0.5) is 0 Å². The number of halogens is 1. The number of pyridine rings is 1. The zero-order chi connectivity index (χ0) is 17.9. The summed E-state index contributed by atoms with van der Waals surface area (Å²) in [7, 11) is 0. The van der Waals surface area contributed by atoms with Crippen LogP contribution in [0.2, 0.25) is 5.02 Å². The van der Waals surface area contributed by atoms with Crippen LogP contribution in [-0.4, -0.2) is 50.1 Å². The molecule has 26 heavy (non-hydrogen) atoms. The highest BCUT2D eigenvalue weighted by Gasteiger charge is 2.30. The summed E-state index contributed by atoms with van der Waals surface area (Å²) in [4.78, 5) is 26.3. The van der Waals surface area contributed by atoms with E-state index in [2.05, 4.69) is 20.1 Å². The highest BCUT2D eigenvalue weighted by atomic mass is 35.5. The number of carbonyl (C=O) groups is 1. The van der Waals surface area contributed by atoms with Crippen LogP contribution in [0.3, 0.4) is 0 Å². The molecule has 3 aromatic heterocycles. The molecule has 1 amide bonds. The molecule has 1 saturated heterocycles. The number of nitrogens with zero attached hydrogens (tertiary/aromatic N) is 5. The normalized spacial score (nSPS) is 16.7. The molecule has 0 spiro atoms. The van der Waals surface area contributed by atoms with Crippen molar-refractivity contribution >= 4 is 17.5 Å². The van der Waals surface area contributed by atoms with E-state index >= 15 is 0 Å². The molecule has 0 radical (unpaired) electrons. The van der Waals surface area contributed by atoms with Gasteiger partial charge in [0.25, 0.3) is 5.91 Å². The molecule has 0 aliphatic carbocycles. The Kier molecular flexibility index (Phi) is 4.49. The standard InChI is InChI=1S/C17H14ClN5O3/c18-12-8-20-17(21-9-12)25-13-3-5-23(10-13)16(24)14-6-15(26-22-14)11-2-1-4-19-7-11/h1-2,4,6-9,13H,3,5,10H2. The third-order valence-corrected chi connectivity index (χ3v) is 4.17. The smallest absolute Gasteiger partial charge is 0.316 e. The lowest BCUT2D eigenvalue weighted by Gasteiger charge is -2.15. The molecule has 4 rings (SSSR count). The third kappa shape index (κ3) is 3.50. The number of amides is 1. The molecule has 3 aromatic rings. The van der Waals surface area contributed by atoms with E-state index in [0.29, 0.717) is 30.3 Å². The minimum atomic E-state index is -0.202. The lowest BCUT2D eigenvalue weighted by Crippen LogP contribution is -2.31. The monoisotopic (exact) mass is 371 g/mol. The molecule has 1 fully saturated rings. The fourth-order valence-corrected chi connectivity index (χ4v) is 2.80. The van der Waals surface area contributed by atoms with Crippen molar-refractivity contribution < 1.29 is 14.1 Å². The zero-order valence-electron chi connectivity index (χ0n) is 13.6. The first-order chi connectivity index (χ1) is 12.7. The molecule has 1 aliphatic heterocycles. The van der Waals surface area contributed by atoms with Crippen molar-refractivity contribution in [1.29, 1.82) is 0 Å². The summed E-state index contributed by atoms with van der Waals surface area (Å²) in [6.45, 7) is 0.992. The van der Waals surface area contributed by atoms with Crippen molar-refractivity contribution in [3.63, 3.8) is 0 Å². The van der Waals surface area contributed by atoms with Crippen LogP contribution in [0.5, 0.6) is 6.01 Å². The second kappa shape index (κ2) is 7.09. The second-order valence-electron chi connectivity index (χ2n) is 5.78. The van der Waals surface area contributed by atoms with Crippen molar-refractivity contribution in [2.75, 3.05) is 13.1 Å². The Bertz CT molecular complexity index is 900. The van der Waals surface area contributed by atoms with Crippen LogP contribution in [0.1, 0.15) is 16.9 Å². The van der Waals surface area contributed by atoms with Crippen molar-refractivity contribution in [2.24, 2.45) is 0 Å². The first-order valence-corrected chi connectivity index (χ1v) is 8.37. The van der Waals surface area contributed by atoms with Gasteiger partial charge in [0.2, 0.25) is 0 Å². The van der Waals surface area contributed by atoms with E-state index in [1.807, 2.05) is 6.07 Å². The van der Waals surface area contributed by atoms with Gasteiger partial charge in [0.1, 0.15) is 6.10 Å². The number of hydrogen-bond acceptors (Lipinski definition) is 7. The zero-order valence-corrected chi connectivity index (χ0v) is 14.3. The molecular weight excluding hydrogens is 358 g/mol. The first kappa shape index (κ1) is 16.5. The van der Waals surface area contributed by atoms with Crippen molar-refractivity contribution in [2.45, 2.75) is 12.5 Å². The van der Waals surface area contributed by atoms with Crippen LogP contribution in [0, 0.1) is 0 Å². The van der Waals surface area contributed by atoms with E-state index in [-0.39, 0.29) is 23.7 Å². The fourth-order valence-electron chi connectivity index (χ4n) is 2.70. The summed E-state index contributed by atoms with van der Waals surface area (Å²) in [5, 5.41) is 4.32. The molecule has 9 heteroatoms. The molecule has 0 aromatic carbocycles. The second-order valence-corrected chi connectivity index (χ2v) is 6.22. The summed E-state index contributed by atoms with van der Waals surface area (Å²) in [6.07, 6.45) is 6.77. The highest BCUT2D eigenvalue weighted by Crippen LogP contribution is 2.22. The summed E-state index contributed by atoms with van der Waals surface area (Å²) >= 11 is 5.75. The number of aromatic nitrogens is 4. The van der Waals surface area contributed by atoms with E-state index in [9.17, 15) is 4.79 Å². The quantitative estimate of drug-likeness (QED) is 0.695. The molecule has 1 atom stereocenters. The molecule has 0 saturated carbocycles. The fraction of sp³-hybridized carbons (Fsp3) is 0.235. The summed E-state index contributed by atoms with van der Waals surface area (Å²) in [5.74, 6) is 0.301. The van der Waals surface area contributed by atoms with Gasteiger partial charge >= 0.3 is 6.01 Å². The summed E-state index contributed by atoms with van der Waals surface area (Å²) in [5.41, 5.74) is 1.02. The van der Waals surface area contributed by atoms with E-state index in [4.69, 9.17) is 20.9 Å². The number of ether oxygens (including phenoxy) is 1. The predicted molar refractivity (Wildman–Crippen MR) is 91.7 cm³/mol. The molecule has 4 heterocycles. The molecule has 8 nitrogen and oxygen atoms in total. The Hall–Kier alpha value is -3.00. The SMILES string of the molecule is O=C(c1cc(-c2cccnc2)on1)N1CCC(Oc2ncc(Cl)cn2)C1. The minimum absolute atomic E-state index is 0.176.